The van der Waals surface area contributed by atoms with Crippen LogP contribution in [0.15, 0.2) is 24.3 Å². The van der Waals surface area contributed by atoms with E-state index < -0.39 is 0 Å². The molecule has 2 heteroatoms. The summed E-state index contributed by atoms with van der Waals surface area (Å²) in [5.41, 5.74) is 2.88. The van der Waals surface area contributed by atoms with Crippen LogP contribution in [0.5, 0.6) is 0 Å². The van der Waals surface area contributed by atoms with E-state index in [9.17, 15) is 0 Å². The van der Waals surface area contributed by atoms with E-state index in [2.05, 4.69) is 49.5 Å². The third kappa shape index (κ3) is 7.38. The minimum atomic E-state index is 0.936. The van der Waals surface area contributed by atoms with Gasteiger partial charge in [0.2, 0.25) is 0 Å². The molecular formula is C16H26S2. The lowest BCUT2D eigenvalue weighted by Gasteiger charge is -2.04. The van der Waals surface area contributed by atoms with E-state index in [1.165, 1.54) is 56.1 Å². The summed E-state index contributed by atoms with van der Waals surface area (Å²) in [5.74, 6) is 1.98. The fourth-order valence-electron chi connectivity index (χ4n) is 2.15. The topological polar surface area (TPSA) is 0 Å². The van der Waals surface area contributed by atoms with E-state index in [-0.39, 0.29) is 0 Å². The summed E-state index contributed by atoms with van der Waals surface area (Å²) in [6, 6.07) is 9.05. The van der Waals surface area contributed by atoms with Gasteiger partial charge in [-0.05, 0) is 48.3 Å². The highest BCUT2D eigenvalue weighted by molar-refractivity contribution is 7.80. The van der Waals surface area contributed by atoms with Crippen LogP contribution in [0.4, 0.5) is 0 Å². The number of thiol groups is 2. The Kier molecular flexibility index (Phi) is 9.59. The summed E-state index contributed by atoms with van der Waals surface area (Å²) < 4.78 is 0. The predicted molar refractivity (Wildman–Crippen MR) is 89.3 cm³/mol. The van der Waals surface area contributed by atoms with E-state index in [1.54, 1.807) is 0 Å². The average molecular weight is 283 g/mol. The van der Waals surface area contributed by atoms with Crippen molar-refractivity contribution in [2.24, 2.45) is 0 Å². The molecule has 0 aliphatic heterocycles. The highest BCUT2D eigenvalue weighted by Gasteiger charge is 1.96. The van der Waals surface area contributed by atoms with Gasteiger partial charge < -0.3 is 0 Å². The maximum atomic E-state index is 4.26. The quantitative estimate of drug-likeness (QED) is 0.439. The van der Waals surface area contributed by atoms with Crippen molar-refractivity contribution in [1.29, 1.82) is 0 Å². The van der Waals surface area contributed by atoms with Crippen LogP contribution >= 0.6 is 25.3 Å². The summed E-state index contributed by atoms with van der Waals surface area (Å²) in [6.45, 7) is 0. The summed E-state index contributed by atoms with van der Waals surface area (Å²) in [4.78, 5) is 0. The van der Waals surface area contributed by atoms with Crippen molar-refractivity contribution in [2.75, 3.05) is 11.5 Å². The molecule has 0 radical (unpaired) electrons. The normalized spacial score (nSPS) is 10.8. The summed E-state index contributed by atoms with van der Waals surface area (Å²) in [6.07, 6.45) is 10.4. The Hall–Kier alpha value is -0.0800. The number of hydrogen-bond donors (Lipinski definition) is 2. The molecule has 0 fully saturated rings. The Labute approximate surface area is 123 Å². The standard InChI is InChI=1S/C16H26S2/c17-13-6-4-2-1-3-5-7-15-8-10-16(11-9-15)12-14-18/h8-11,17-18H,1-7,12-14H2. The molecule has 0 saturated carbocycles. The highest BCUT2D eigenvalue weighted by atomic mass is 32.1. The maximum absolute atomic E-state index is 4.26. The van der Waals surface area contributed by atoms with Gasteiger partial charge >= 0.3 is 0 Å². The van der Waals surface area contributed by atoms with Gasteiger partial charge in [0.15, 0.2) is 0 Å². The molecular weight excluding hydrogens is 256 g/mol. The molecule has 0 aliphatic carbocycles. The molecule has 1 aromatic carbocycles. The zero-order valence-corrected chi connectivity index (χ0v) is 13.1. The fraction of sp³-hybridized carbons (Fsp3) is 0.625. The van der Waals surface area contributed by atoms with Gasteiger partial charge in [-0.1, -0.05) is 49.9 Å². The van der Waals surface area contributed by atoms with Crippen LogP contribution in [0.1, 0.15) is 49.7 Å². The first kappa shape index (κ1) is 16.0. The first-order chi connectivity index (χ1) is 8.86. The molecule has 102 valence electrons. The summed E-state index contributed by atoms with van der Waals surface area (Å²) in [5, 5.41) is 0. The molecule has 0 N–H and O–H groups in total. The van der Waals surface area contributed by atoms with Crippen LogP contribution in [0.3, 0.4) is 0 Å². The van der Waals surface area contributed by atoms with Gasteiger partial charge in [0.05, 0.1) is 0 Å². The second-order valence-corrected chi connectivity index (χ2v) is 5.78. The minimum Gasteiger partial charge on any atom is -0.179 e. The molecule has 0 nitrogen and oxygen atoms in total. The average Bonchev–Trinajstić information content (AvgIpc) is 2.40. The minimum absolute atomic E-state index is 0.936. The highest BCUT2D eigenvalue weighted by Crippen LogP contribution is 2.11. The smallest absolute Gasteiger partial charge is 0.00574 e. The molecule has 0 spiro atoms. The lowest BCUT2D eigenvalue weighted by Crippen LogP contribution is -1.89. The lowest BCUT2D eigenvalue weighted by molar-refractivity contribution is 0.609. The fourth-order valence-corrected chi connectivity index (χ4v) is 2.63. The van der Waals surface area contributed by atoms with E-state index in [1.807, 2.05) is 0 Å². The van der Waals surface area contributed by atoms with Gasteiger partial charge in [-0.25, -0.2) is 0 Å². The van der Waals surface area contributed by atoms with E-state index in [4.69, 9.17) is 0 Å². The van der Waals surface area contributed by atoms with Crippen molar-refractivity contribution >= 4 is 25.3 Å². The molecule has 0 saturated heterocycles. The number of aryl methyl sites for hydroxylation is 2. The van der Waals surface area contributed by atoms with Crippen LogP contribution in [0, 0.1) is 0 Å². The molecule has 18 heavy (non-hydrogen) atoms. The van der Waals surface area contributed by atoms with Crippen molar-refractivity contribution < 1.29 is 0 Å². The van der Waals surface area contributed by atoms with Gasteiger partial charge in [0.25, 0.3) is 0 Å². The van der Waals surface area contributed by atoms with E-state index in [0.29, 0.717) is 0 Å². The Bertz CT molecular complexity index is 292. The molecule has 0 bridgehead atoms. The molecule has 0 amide bonds. The molecule has 1 rings (SSSR count). The van der Waals surface area contributed by atoms with Gasteiger partial charge in [0, 0.05) is 0 Å². The number of hydrogen-bond acceptors (Lipinski definition) is 2. The van der Waals surface area contributed by atoms with Crippen molar-refractivity contribution in [3.63, 3.8) is 0 Å². The Balaban J connectivity index is 2.08. The van der Waals surface area contributed by atoms with Crippen LogP contribution in [0.2, 0.25) is 0 Å². The Morgan fingerprint density at radius 2 is 1.06 bits per heavy atom. The van der Waals surface area contributed by atoms with Crippen molar-refractivity contribution in [3.8, 4) is 0 Å². The summed E-state index contributed by atoms with van der Waals surface area (Å²) >= 11 is 8.49. The molecule has 0 unspecified atom stereocenters. The third-order valence-electron chi connectivity index (χ3n) is 3.30. The van der Waals surface area contributed by atoms with Crippen LogP contribution in [-0.4, -0.2) is 11.5 Å². The number of rotatable bonds is 10. The molecule has 1 aromatic rings. The van der Waals surface area contributed by atoms with Gasteiger partial charge in [-0.15, -0.1) is 0 Å². The van der Waals surface area contributed by atoms with Gasteiger partial charge in [0.1, 0.15) is 0 Å². The monoisotopic (exact) mass is 282 g/mol. The first-order valence-corrected chi connectivity index (χ1v) is 8.43. The second kappa shape index (κ2) is 10.8. The zero-order chi connectivity index (χ0) is 13.1. The number of benzene rings is 1. The summed E-state index contributed by atoms with van der Waals surface area (Å²) in [7, 11) is 0. The van der Waals surface area contributed by atoms with Crippen molar-refractivity contribution in [1.82, 2.24) is 0 Å². The largest absolute Gasteiger partial charge is 0.179 e. The molecule has 0 aromatic heterocycles. The maximum Gasteiger partial charge on any atom is -0.00574 e. The van der Waals surface area contributed by atoms with Crippen molar-refractivity contribution in [3.05, 3.63) is 35.4 Å². The SMILES string of the molecule is SCCCCCCCCc1ccc(CCS)cc1. The first-order valence-electron chi connectivity index (χ1n) is 7.16. The van der Waals surface area contributed by atoms with Crippen molar-refractivity contribution in [2.45, 2.75) is 51.4 Å². The number of unbranched alkanes of at least 4 members (excludes halogenated alkanes) is 5. The van der Waals surface area contributed by atoms with E-state index in [0.717, 1.165) is 17.9 Å². The third-order valence-corrected chi connectivity index (χ3v) is 3.84. The molecule has 0 heterocycles. The zero-order valence-electron chi connectivity index (χ0n) is 11.3. The van der Waals surface area contributed by atoms with Gasteiger partial charge in [-0.3, -0.25) is 0 Å². The van der Waals surface area contributed by atoms with Crippen LogP contribution in [0.25, 0.3) is 0 Å². The van der Waals surface area contributed by atoms with Crippen LogP contribution < -0.4 is 0 Å². The Morgan fingerprint density at radius 1 is 0.556 bits per heavy atom. The van der Waals surface area contributed by atoms with E-state index >= 15 is 0 Å². The lowest BCUT2D eigenvalue weighted by atomic mass is 10.0. The predicted octanol–water partition coefficient (Wildman–Crippen LogP) is 4.97. The molecule has 0 aliphatic rings. The van der Waals surface area contributed by atoms with Crippen LogP contribution in [-0.2, 0) is 12.8 Å². The molecule has 0 atom stereocenters. The second-order valence-electron chi connectivity index (χ2n) is 4.89. The Morgan fingerprint density at radius 3 is 1.61 bits per heavy atom. The van der Waals surface area contributed by atoms with Gasteiger partial charge in [-0.2, -0.15) is 25.3 Å².